The fourth-order valence-electron chi connectivity index (χ4n) is 2.93. The molecule has 0 saturated carbocycles. The quantitative estimate of drug-likeness (QED) is 0.651. The zero-order valence-corrected chi connectivity index (χ0v) is 14.0. The lowest BCUT2D eigenvalue weighted by Crippen LogP contribution is -2.22. The lowest BCUT2D eigenvalue weighted by atomic mass is 9.83. The van der Waals surface area contributed by atoms with E-state index in [1.165, 1.54) is 28.7 Å². The third kappa shape index (κ3) is 3.27. The van der Waals surface area contributed by atoms with Crippen molar-refractivity contribution in [1.82, 2.24) is 4.37 Å². The van der Waals surface area contributed by atoms with Crippen LogP contribution in [0.1, 0.15) is 24.1 Å². The number of benzene rings is 2. The minimum atomic E-state index is -0.220. The van der Waals surface area contributed by atoms with Crippen molar-refractivity contribution in [3.05, 3.63) is 65.9 Å². The van der Waals surface area contributed by atoms with Gasteiger partial charge in [0.15, 0.2) is 0 Å². The molecule has 0 aliphatic carbocycles. The number of methoxy groups -OCH3 is 1. The van der Waals surface area contributed by atoms with Crippen LogP contribution in [0.3, 0.4) is 0 Å². The molecular formula is C19H19NO2S. The average Bonchev–Trinajstić information content (AvgIpc) is 3.02. The van der Waals surface area contributed by atoms with E-state index in [0.29, 0.717) is 0 Å². The molecule has 0 saturated heterocycles. The van der Waals surface area contributed by atoms with E-state index in [1.807, 2.05) is 37.3 Å². The summed E-state index contributed by atoms with van der Waals surface area (Å²) < 4.78 is 10.8. The van der Waals surface area contributed by atoms with Gasteiger partial charge in [0.1, 0.15) is 0 Å². The predicted octanol–water partition coefficient (Wildman–Crippen LogP) is 4.43. The van der Waals surface area contributed by atoms with Crippen LogP contribution in [-0.4, -0.2) is 17.5 Å². The SMILES string of the molecule is COC(=O)C(C)C(Cc1nsc2ccccc12)c1ccccc1. The Morgan fingerprint density at radius 1 is 1.13 bits per heavy atom. The molecule has 2 aromatic carbocycles. The summed E-state index contributed by atoms with van der Waals surface area (Å²) in [7, 11) is 1.44. The summed E-state index contributed by atoms with van der Waals surface area (Å²) in [6, 6.07) is 18.4. The summed E-state index contributed by atoms with van der Waals surface area (Å²) in [5.74, 6) is -0.351. The van der Waals surface area contributed by atoms with Gasteiger partial charge in [-0.25, -0.2) is 0 Å². The Morgan fingerprint density at radius 2 is 1.83 bits per heavy atom. The molecule has 2 atom stereocenters. The molecule has 0 aliphatic rings. The van der Waals surface area contributed by atoms with E-state index in [9.17, 15) is 4.79 Å². The van der Waals surface area contributed by atoms with E-state index in [1.54, 1.807) is 0 Å². The predicted molar refractivity (Wildman–Crippen MR) is 93.7 cm³/mol. The average molecular weight is 325 g/mol. The van der Waals surface area contributed by atoms with Crippen molar-refractivity contribution in [3.63, 3.8) is 0 Å². The normalized spacial score (nSPS) is 13.7. The van der Waals surface area contributed by atoms with Crippen LogP contribution < -0.4 is 0 Å². The van der Waals surface area contributed by atoms with Crippen molar-refractivity contribution in [2.24, 2.45) is 5.92 Å². The Labute approximate surface area is 140 Å². The molecule has 0 bridgehead atoms. The van der Waals surface area contributed by atoms with E-state index >= 15 is 0 Å². The van der Waals surface area contributed by atoms with Gasteiger partial charge in [0.25, 0.3) is 0 Å². The molecule has 0 N–H and O–H groups in total. The van der Waals surface area contributed by atoms with Crippen molar-refractivity contribution < 1.29 is 9.53 Å². The Balaban J connectivity index is 1.97. The van der Waals surface area contributed by atoms with Gasteiger partial charge in [-0.3, -0.25) is 4.79 Å². The minimum absolute atomic E-state index is 0.0501. The molecule has 0 aliphatic heterocycles. The molecule has 0 radical (unpaired) electrons. The first-order chi connectivity index (χ1) is 11.2. The summed E-state index contributed by atoms with van der Waals surface area (Å²) in [5, 5.41) is 1.18. The maximum atomic E-state index is 12.1. The highest BCUT2D eigenvalue weighted by atomic mass is 32.1. The van der Waals surface area contributed by atoms with Gasteiger partial charge >= 0.3 is 5.97 Å². The van der Waals surface area contributed by atoms with E-state index < -0.39 is 0 Å². The summed E-state index contributed by atoms with van der Waals surface area (Å²) in [6.45, 7) is 1.93. The van der Waals surface area contributed by atoms with Gasteiger partial charge in [-0.05, 0) is 29.6 Å². The number of rotatable bonds is 5. The fraction of sp³-hybridized carbons (Fsp3) is 0.263. The first-order valence-electron chi connectivity index (χ1n) is 7.66. The second-order valence-electron chi connectivity index (χ2n) is 5.66. The lowest BCUT2D eigenvalue weighted by Gasteiger charge is -2.22. The van der Waals surface area contributed by atoms with E-state index in [-0.39, 0.29) is 17.8 Å². The minimum Gasteiger partial charge on any atom is -0.469 e. The molecule has 3 rings (SSSR count). The summed E-state index contributed by atoms with van der Waals surface area (Å²) in [6.07, 6.45) is 0.726. The standard InChI is InChI=1S/C19H19NO2S/c1-13(19(21)22-2)16(14-8-4-3-5-9-14)12-17-15-10-6-7-11-18(15)23-20-17/h3-11,13,16H,12H2,1-2H3. The Bertz CT molecular complexity index is 797. The third-order valence-electron chi connectivity index (χ3n) is 4.27. The second-order valence-corrected chi connectivity index (χ2v) is 6.46. The molecule has 2 unspecified atom stereocenters. The van der Waals surface area contributed by atoms with Crippen molar-refractivity contribution in [3.8, 4) is 0 Å². The number of aromatic nitrogens is 1. The van der Waals surface area contributed by atoms with Crippen LogP contribution in [0.5, 0.6) is 0 Å². The maximum Gasteiger partial charge on any atom is 0.309 e. The van der Waals surface area contributed by atoms with Gasteiger partial charge in [0.2, 0.25) is 0 Å². The molecule has 0 fully saturated rings. The van der Waals surface area contributed by atoms with E-state index in [0.717, 1.165) is 17.7 Å². The monoisotopic (exact) mass is 325 g/mol. The van der Waals surface area contributed by atoms with Gasteiger partial charge < -0.3 is 4.74 Å². The molecule has 23 heavy (non-hydrogen) atoms. The summed E-state index contributed by atoms with van der Waals surface area (Å²) in [4.78, 5) is 12.1. The summed E-state index contributed by atoms with van der Waals surface area (Å²) in [5.41, 5.74) is 2.19. The number of nitrogens with zero attached hydrogens (tertiary/aromatic N) is 1. The topological polar surface area (TPSA) is 39.2 Å². The maximum absolute atomic E-state index is 12.1. The number of hydrogen-bond acceptors (Lipinski definition) is 4. The van der Waals surface area contributed by atoms with Crippen LogP contribution in [0.2, 0.25) is 0 Å². The van der Waals surface area contributed by atoms with E-state index in [4.69, 9.17) is 4.74 Å². The van der Waals surface area contributed by atoms with Gasteiger partial charge in [-0.15, -0.1) is 0 Å². The molecule has 0 spiro atoms. The number of esters is 1. The molecule has 4 heteroatoms. The molecular weight excluding hydrogens is 306 g/mol. The fourth-order valence-corrected chi connectivity index (χ4v) is 3.73. The Kier molecular flexibility index (Phi) is 4.72. The van der Waals surface area contributed by atoms with Gasteiger partial charge in [0.05, 0.1) is 23.4 Å². The van der Waals surface area contributed by atoms with Crippen LogP contribution >= 0.6 is 11.5 Å². The Morgan fingerprint density at radius 3 is 2.57 bits per heavy atom. The van der Waals surface area contributed by atoms with Crippen molar-refractivity contribution in [2.45, 2.75) is 19.3 Å². The number of carbonyl (C=O) groups excluding carboxylic acids is 1. The smallest absolute Gasteiger partial charge is 0.309 e. The summed E-state index contributed by atoms with van der Waals surface area (Å²) >= 11 is 1.51. The highest BCUT2D eigenvalue weighted by molar-refractivity contribution is 7.13. The second kappa shape index (κ2) is 6.92. The lowest BCUT2D eigenvalue weighted by molar-refractivity contribution is -0.145. The first-order valence-corrected chi connectivity index (χ1v) is 8.44. The first kappa shape index (κ1) is 15.7. The molecule has 1 aromatic heterocycles. The zero-order valence-electron chi connectivity index (χ0n) is 13.2. The van der Waals surface area contributed by atoms with Crippen LogP contribution in [0.25, 0.3) is 10.1 Å². The Hall–Kier alpha value is -2.20. The number of hydrogen-bond donors (Lipinski definition) is 0. The number of fused-ring (bicyclic) bond motifs is 1. The van der Waals surface area contributed by atoms with Crippen LogP contribution in [0, 0.1) is 5.92 Å². The van der Waals surface area contributed by atoms with Crippen molar-refractivity contribution in [1.29, 1.82) is 0 Å². The third-order valence-corrected chi connectivity index (χ3v) is 5.13. The zero-order chi connectivity index (χ0) is 16.2. The highest BCUT2D eigenvalue weighted by Gasteiger charge is 2.27. The van der Waals surface area contributed by atoms with Crippen molar-refractivity contribution >= 4 is 27.6 Å². The van der Waals surface area contributed by atoms with Crippen LogP contribution in [0.15, 0.2) is 54.6 Å². The van der Waals surface area contributed by atoms with Crippen molar-refractivity contribution in [2.75, 3.05) is 7.11 Å². The van der Waals surface area contributed by atoms with Gasteiger partial charge in [-0.1, -0.05) is 55.5 Å². The largest absolute Gasteiger partial charge is 0.469 e. The molecule has 3 nitrogen and oxygen atoms in total. The molecule has 3 aromatic rings. The molecule has 1 heterocycles. The van der Waals surface area contributed by atoms with Crippen LogP contribution in [-0.2, 0) is 16.0 Å². The number of carbonyl (C=O) groups is 1. The van der Waals surface area contributed by atoms with Gasteiger partial charge in [0, 0.05) is 11.3 Å². The van der Waals surface area contributed by atoms with Gasteiger partial charge in [-0.2, -0.15) is 4.37 Å². The molecule has 118 valence electrons. The van der Waals surface area contributed by atoms with E-state index in [2.05, 4.69) is 28.6 Å². The highest BCUT2D eigenvalue weighted by Crippen LogP contribution is 2.32. The molecule has 0 amide bonds. The van der Waals surface area contributed by atoms with Crippen LogP contribution in [0.4, 0.5) is 0 Å². The number of ether oxygens (including phenoxy) is 1.